The molecule has 2 aromatic rings. The summed E-state index contributed by atoms with van der Waals surface area (Å²) in [4.78, 5) is 49.7. The van der Waals surface area contributed by atoms with Crippen molar-refractivity contribution in [2.45, 2.75) is 116 Å². The molecule has 1 saturated heterocycles. The third-order valence-electron chi connectivity index (χ3n) is 10.2. The summed E-state index contributed by atoms with van der Waals surface area (Å²) in [6.07, 6.45) is 1.52. The Bertz CT molecular complexity index is 1430. The zero-order valence-electron chi connectivity index (χ0n) is 32.0. The molecule has 0 radical (unpaired) electrons. The number of carbonyl (C=O) groups excluding carboxylic acids is 3. The summed E-state index contributed by atoms with van der Waals surface area (Å²) in [7, 11) is 1.93. The molecule has 7 atom stereocenters. The Morgan fingerprint density at radius 2 is 1.74 bits per heavy atom. The number of rotatable bonds is 21. The number of amides is 3. The van der Waals surface area contributed by atoms with Crippen molar-refractivity contribution in [1.29, 1.82) is 0 Å². The number of phenolic OH excluding ortho intramolecular Hbond substituents is 1. The van der Waals surface area contributed by atoms with Crippen LogP contribution in [0.1, 0.15) is 100 Å². The predicted octanol–water partition coefficient (Wildman–Crippen LogP) is 3.50. The van der Waals surface area contributed by atoms with E-state index in [1.807, 2.05) is 39.6 Å². The summed E-state index contributed by atoms with van der Waals surface area (Å²) in [5.74, 6) is -0.840. The number of thioether (sulfide) groups is 1. The minimum Gasteiger partial charge on any atom is -0.508 e. The smallest absolute Gasteiger partial charge is 0.270 e. The second-order valence-electron chi connectivity index (χ2n) is 14.7. The molecule has 3 amide bonds. The van der Waals surface area contributed by atoms with E-state index in [9.17, 15) is 39.9 Å². The van der Waals surface area contributed by atoms with E-state index in [4.69, 9.17) is 0 Å². The third-order valence-corrected chi connectivity index (χ3v) is 12.1. The molecule has 298 valence electrons. The van der Waals surface area contributed by atoms with Gasteiger partial charge in [-0.15, -0.1) is 23.1 Å². The van der Waals surface area contributed by atoms with Crippen LogP contribution in [0.2, 0.25) is 0 Å². The number of aliphatic hydroxyl groups excluding tert-OH is 3. The molecule has 1 aromatic carbocycles. The lowest BCUT2D eigenvalue weighted by Crippen LogP contribution is -2.58. The minimum absolute atomic E-state index is 0.0551. The maximum atomic E-state index is 14.5. The molecule has 2 heterocycles. The number of hydrogen-bond acceptors (Lipinski definition) is 12. The topological polar surface area (TPSA) is 196 Å². The maximum absolute atomic E-state index is 14.5. The van der Waals surface area contributed by atoms with Crippen molar-refractivity contribution in [2.75, 3.05) is 31.8 Å². The summed E-state index contributed by atoms with van der Waals surface area (Å²) >= 11 is 2.54. The molecule has 7 N–H and O–H groups in total. The molecule has 3 rings (SSSR count). The number of benzene rings is 1. The number of aromatic nitrogens is 1. The highest BCUT2D eigenvalue weighted by Gasteiger charge is 2.38. The number of aliphatic hydroxyl groups is 4. The van der Waals surface area contributed by atoms with Crippen LogP contribution in [-0.4, -0.2) is 120 Å². The van der Waals surface area contributed by atoms with Crippen LogP contribution < -0.4 is 10.6 Å². The van der Waals surface area contributed by atoms with Crippen molar-refractivity contribution in [3.05, 3.63) is 45.9 Å². The standard InChI is InChI=1S/C38H61N5O8S2/c1-7-24(4)33(41-35(48)30-10-8-9-15-42(30)6)37(49)43(22-52-17-16-44)31(23(2)3)20-32(46)36-40-29(21-53-36)34(47)39-27(18-25(5)38(50)51)19-26-11-13-28(45)14-12-26/h11-14,21,23-25,27,30-33,38,44-46,50-51H,7-10,15-20,22H2,1-6H3,(H,39,47)(H,41,48)/t24?,25-,27+,30+,31+,32+,33-/m0/s1. The molecule has 15 heteroatoms. The summed E-state index contributed by atoms with van der Waals surface area (Å²) in [5, 5.41) is 58.1. The highest BCUT2D eigenvalue weighted by atomic mass is 32.2. The zero-order chi connectivity index (χ0) is 39.2. The number of thiazole rings is 1. The fourth-order valence-electron chi connectivity index (χ4n) is 6.64. The molecular weight excluding hydrogens is 719 g/mol. The quantitative estimate of drug-likeness (QED) is 0.0724. The Kier molecular flexibility index (Phi) is 18.5. The Hall–Kier alpha value is -2.79. The molecule has 1 aliphatic rings. The van der Waals surface area contributed by atoms with Gasteiger partial charge in [0.25, 0.3) is 5.91 Å². The first-order valence-corrected chi connectivity index (χ1v) is 20.8. The van der Waals surface area contributed by atoms with Gasteiger partial charge >= 0.3 is 0 Å². The maximum Gasteiger partial charge on any atom is 0.270 e. The van der Waals surface area contributed by atoms with Crippen molar-refractivity contribution in [3.8, 4) is 5.75 Å². The van der Waals surface area contributed by atoms with Crippen LogP contribution >= 0.6 is 23.1 Å². The number of phenols is 1. The third kappa shape index (κ3) is 13.5. The SMILES string of the molecule is CCC(C)[C@H](NC(=O)[C@H]1CCCCN1C)C(=O)N(CSCCO)[C@H](C[C@@H](O)c1nc(C(=O)N[C@@H](Cc2ccc(O)cc2)C[C@H](C)C(O)O)cs1)C(C)C. The monoisotopic (exact) mass is 779 g/mol. The molecule has 0 bridgehead atoms. The van der Waals surface area contributed by atoms with E-state index in [-0.39, 0.29) is 66.5 Å². The molecule has 1 unspecified atom stereocenters. The molecular formula is C38H61N5O8S2. The molecule has 1 fully saturated rings. The van der Waals surface area contributed by atoms with Gasteiger partial charge in [-0.1, -0.05) is 59.6 Å². The van der Waals surface area contributed by atoms with E-state index in [1.54, 1.807) is 41.5 Å². The number of hydrogen-bond donors (Lipinski definition) is 7. The average molecular weight is 780 g/mol. The summed E-state index contributed by atoms with van der Waals surface area (Å²) in [5.41, 5.74) is 0.950. The van der Waals surface area contributed by atoms with Crippen LogP contribution in [0.3, 0.4) is 0 Å². The number of aromatic hydroxyl groups is 1. The lowest BCUT2D eigenvalue weighted by Gasteiger charge is -2.39. The predicted molar refractivity (Wildman–Crippen MR) is 208 cm³/mol. The van der Waals surface area contributed by atoms with E-state index in [0.29, 0.717) is 23.6 Å². The van der Waals surface area contributed by atoms with E-state index < -0.39 is 42.3 Å². The Labute approximate surface area is 322 Å². The lowest BCUT2D eigenvalue weighted by molar-refractivity contribution is -0.141. The second-order valence-corrected chi connectivity index (χ2v) is 16.7. The van der Waals surface area contributed by atoms with Gasteiger partial charge < -0.3 is 41.1 Å². The number of carbonyl (C=O) groups is 3. The van der Waals surface area contributed by atoms with E-state index in [2.05, 4.69) is 15.6 Å². The van der Waals surface area contributed by atoms with E-state index in [0.717, 1.165) is 42.7 Å². The number of nitrogens with zero attached hydrogens (tertiary/aromatic N) is 3. The molecule has 53 heavy (non-hydrogen) atoms. The van der Waals surface area contributed by atoms with Crippen LogP contribution in [0.25, 0.3) is 0 Å². The van der Waals surface area contributed by atoms with Gasteiger partial charge in [0.2, 0.25) is 11.8 Å². The Balaban J connectivity index is 1.80. The lowest BCUT2D eigenvalue weighted by atomic mass is 9.92. The van der Waals surface area contributed by atoms with Gasteiger partial charge in [-0.25, -0.2) is 4.98 Å². The van der Waals surface area contributed by atoms with Crippen molar-refractivity contribution >= 4 is 40.8 Å². The van der Waals surface area contributed by atoms with Gasteiger partial charge in [-0.2, -0.15) is 0 Å². The normalized spacial score (nSPS) is 18.6. The number of piperidine rings is 1. The largest absolute Gasteiger partial charge is 0.508 e. The summed E-state index contributed by atoms with van der Waals surface area (Å²) < 4.78 is 0. The number of likely N-dealkylation sites (N-methyl/N-ethyl adjacent to an activating group) is 1. The summed E-state index contributed by atoms with van der Waals surface area (Å²) in [6.45, 7) is 10.3. The van der Waals surface area contributed by atoms with Crippen LogP contribution in [0.5, 0.6) is 5.75 Å². The number of nitrogens with one attached hydrogen (secondary N) is 2. The Morgan fingerprint density at radius 3 is 2.34 bits per heavy atom. The molecule has 0 spiro atoms. The zero-order valence-corrected chi connectivity index (χ0v) is 33.6. The van der Waals surface area contributed by atoms with Gasteiger partial charge in [0.1, 0.15) is 28.6 Å². The number of likely N-dealkylation sites (tertiary alicyclic amines) is 1. The van der Waals surface area contributed by atoms with Gasteiger partial charge in [0, 0.05) is 35.6 Å². The minimum atomic E-state index is -1.56. The van der Waals surface area contributed by atoms with Gasteiger partial charge in [0.05, 0.1) is 18.5 Å². The molecule has 0 aliphatic carbocycles. The second kappa shape index (κ2) is 21.9. The van der Waals surface area contributed by atoms with Crippen molar-refractivity contribution in [3.63, 3.8) is 0 Å². The highest BCUT2D eigenvalue weighted by molar-refractivity contribution is 7.99. The van der Waals surface area contributed by atoms with Crippen LogP contribution in [-0.2, 0) is 16.0 Å². The van der Waals surface area contributed by atoms with Crippen LogP contribution in [0.4, 0.5) is 0 Å². The fraction of sp³-hybridized carbons (Fsp3) is 0.684. The Morgan fingerprint density at radius 1 is 1.04 bits per heavy atom. The highest BCUT2D eigenvalue weighted by Crippen LogP contribution is 2.30. The average Bonchev–Trinajstić information content (AvgIpc) is 3.63. The molecule has 1 aromatic heterocycles. The molecule has 1 aliphatic heterocycles. The molecule has 13 nitrogen and oxygen atoms in total. The first-order valence-electron chi connectivity index (χ1n) is 18.7. The van der Waals surface area contributed by atoms with Crippen molar-refractivity contribution < 1.29 is 39.9 Å². The van der Waals surface area contributed by atoms with Crippen LogP contribution in [0, 0.1) is 17.8 Å². The first kappa shape index (κ1) is 44.6. The van der Waals surface area contributed by atoms with Gasteiger partial charge in [0.15, 0.2) is 6.29 Å². The van der Waals surface area contributed by atoms with Crippen molar-refractivity contribution in [2.24, 2.45) is 17.8 Å². The van der Waals surface area contributed by atoms with E-state index >= 15 is 0 Å². The van der Waals surface area contributed by atoms with Gasteiger partial charge in [-0.3, -0.25) is 19.3 Å². The van der Waals surface area contributed by atoms with Crippen LogP contribution in [0.15, 0.2) is 29.6 Å². The van der Waals surface area contributed by atoms with Gasteiger partial charge in [-0.05, 0) is 68.8 Å². The summed E-state index contributed by atoms with van der Waals surface area (Å²) in [6, 6.07) is 4.58. The van der Waals surface area contributed by atoms with Crippen molar-refractivity contribution in [1.82, 2.24) is 25.4 Å². The fourth-order valence-corrected chi connectivity index (χ4v) is 8.21. The first-order chi connectivity index (χ1) is 25.2. The molecule has 0 saturated carbocycles. The van der Waals surface area contributed by atoms with E-state index in [1.165, 1.54) is 11.8 Å².